The largest absolute Gasteiger partial charge is 1.00 e. The summed E-state index contributed by atoms with van der Waals surface area (Å²) in [5.41, 5.74) is 0.559. The minimum absolute atomic E-state index is 0. The maximum absolute atomic E-state index is 11.9. The molecule has 0 bridgehead atoms. The topological polar surface area (TPSA) is 72.5 Å². The zero-order chi connectivity index (χ0) is 15.1. The number of likely N-dealkylation sites (N-methyl/N-ethyl adjacent to an activating group) is 1. The van der Waals surface area contributed by atoms with Crippen molar-refractivity contribution in [3.63, 3.8) is 0 Å². The molecule has 0 aliphatic heterocycles. The van der Waals surface area contributed by atoms with Crippen molar-refractivity contribution in [2.45, 2.75) is 13.8 Å². The molecule has 1 aromatic carbocycles. The molecular weight excluding hydrogens is 378 g/mol. The van der Waals surface area contributed by atoms with Crippen LogP contribution >= 0.6 is 22.6 Å². The molecule has 21 heavy (non-hydrogen) atoms. The Kier molecular flexibility index (Phi) is 9.95. The number of nitrogens with one attached hydrogen (secondary N) is 1. The molecule has 0 atom stereocenters. The molecule has 110 valence electrons. The number of carbonyl (C=O) groups excluding carboxylic acids is 2. The fourth-order valence-electron chi connectivity index (χ4n) is 1.79. The number of benzene rings is 1. The van der Waals surface area contributed by atoms with Crippen molar-refractivity contribution >= 4 is 34.5 Å². The van der Waals surface area contributed by atoms with Crippen LogP contribution in [0.25, 0.3) is 0 Å². The first-order chi connectivity index (χ1) is 9.49. The van der Waals surface area contributed by atoms with Crippen molar-refractivity contribution in [3.8, 4) is 0 Å². The van der Waals surface area contributed by atoms with Crippen molar-refractivity contribution in [1.29, 1.82) is 0 Å². The predicted octanol–water partition coefficient (Wildman–Crippen LogP) is -2.27. The standard InChI is InChI=1S/C14H19IN2O3.Li/c1-3-17(4-2)8-7-16-13(18)10-5-6-11(14(19)20)12(15)9-10;/h5-6,9H,3-4,7-8H2,1-2H3,(H,16,18)(H,19,20);/q;+1/p-1. The molecule has 5 nitrogen and oxygen atoms in total. The van der Waals surface area contributed by atoms with Gasteiger partial charge in [-0.1, -0.05) is 19.9 Å². The zero-order valence-electron chi connectivity index (χ0n) is 12.6. The third-order valence-electron chi connectivity index (χ3n) is 3.06. The van der Waals surface area contributed by atoms with E-state index in [1.165, 1.54) is 12.1 Å². The van der Waals surface area contributed by atoms with E-state index in [4.69, 9.17) is 0 Å². The number of carboxylic acid groups (broad SMARTS) is 1. The van der Waals surface area contributed by atoms with Gasteiger partial charge in [-0.15, -0.1) is 0 Å². The number of halogens is 1. The summed E-state index contributed by atoms with van der Waals surface area (Å²) in [6.07, 6.45) is 0. The van der Waals surface area contributed by atoms with Gasteiger partial charge in [-0.3, -0.25) is 4.79 Å². The Morgan fingerprint density at radius 2 is 1.90 bits per heavy atom. The number of nitrogens with zero attached hydrogens (tertiary/aromatic N) is 1. The van der Waals surface area contributed by atoms with Crippen LogP contribution in [0.5, 0.6) is 0 Å². The Balaban J connectivity index is 0.00000400. The van der Waals surface area contributed by atoms with Crippen LogP contribution in [0, 0.1) is 3.57 Å². The second-order valence-corrected chi connectivity index (χ2v) is 5.43. The summed E-state index contributed by atoms with van der Waals surface area (Å²) in [5.74, 6) is -1.43. The second-order valence-electron chi connectivity index (χ2n) is 4.26. The average molecular weight is 396 g/mol. The van der Waals surface area contributed by atoms with Crippen LogP contribution in [0.3, 0.4) is 0 Å². The number of amides is 1. The van der Waals surface area contributed by atoms with E-state index in [1.54, 1.807) is 6.07 Å². The van der Waals surface area contributed by atoms with Crippen LogP contribution in [0.1, 0.15) is 34.6 Å². The van der Waals surface area contributed by atoms with E-state index in [0.29, 0.717) is 15.7 Å². The van der Waals surface area contributed by atoms with E-state index in [9.17, 15) is 14.7 Å². The molecule has 0 heterocycles. The van der Waals surface area contributed by atoms with E-state index in [0.717, 1.165) is 19.6 Å². The number of rotatable bonds is 7. The minimum Gasteiger partial charge on any atom is -0.545 e. The summed E-state index contributed by atoms with van der Waals surface area (Å²) < 4.78 is 0.499. The van der Waals surface area contributed by atoms with Crippen LogP contribution in [0.4, 0.5) is 0 Å². The van der Waals surface area contributed by atoms with Gasteiger partial charge in [0.2, 0.25) is 0 Å². The molecule has 0 saturated carbocycles. The molecular formula is C14H18ILiN2O3. The molecule has 0 fully saturated rings. The summed E-state index contributed by atoms with van der Waals surface area (Å²) in [6.45, 7) is 7.42. The monoisotopic (exact) mass is 396 g/mol. The summed E-state index contributed by atoms with van der Waals surface area (Å²) in [7, 11) is 0. The Labute approximate surface area is 150 Å². The SMILES string of the molecule is CCN(CC)CCNC(=O)c1ccc(C(=O)[O-])c(I)c1.[Li+]. The molecule has 1 aromatic rings. The third kappa shape index (κ3) is 6.39. The van der Waals surface area contributed by atoms with Gasteiger partial charge < -0.3 is 20.1 Å². The van der Waals surface area contributed by atoms with Crippen LogP contribution in [-0.4, -0.2) is 43.0 Å². The van der Waals surface area contributed by atoms with Crippen molar-refractivity contribution in [1.82, 2.24) is 10.2 Å². The first-order valence-corrected chi connectivity index (χ1v) is 7.58. The quantitative estimate of drug-likeness (QED) is 0.417. The number of carbonyl (C=O) groups is 2. The Bertz CT molecular complexity index is 493. The summed E-state index contributed by atoms with van der Waals surface area (Å²) in [6, 6.07) is 4.45. The van der Waals surface area contributed by atoms with Gasteiger partial charge in [0, 0.05) is 27.8 Å². The van der Waals surface area contributed by atoms with Gasteiger partial charge in [-0.25, -0.2) is 0 Å². The predicted molar refractivity (Wildman–Crippen MR) is 83.6 cm³/mol. The first-order valence-electron chi connectivity index (χ1n) is 6.51. The van der Waals surface area contributed by atoms with Gasteiger partial charge in [0.25, 0.3) is 5.91 Å². The van der Waals surface area contributed by atoms with Gasteiger partial charge in [-0.2, -0.15) is 0 Å². The van der Waals surface area contributed by atoms with E-state index in [-0.39, 0.29) is 30.3 Å². The number of carboxylic acids is 1. The van der Waals surface area contributed by atoms with Crippen molar-refractivity contribution in [2.24, 2.45) is 0 Å². The van der Waals surface area contributed by atoms with E-state index in [1.807, 2.05) is 22.6 Å². The molecule has 0 aromatic heterocycles. The molecule has 1 N–H and O–H groups in total. The maximum Gasteiger partial charge on any atom is 1.00 e. The first kappa shape index (κ1) is 20.4. The third-order valence-corrected chi connectivity index (χ3v) is 3.95. The van der Waals surface area contributed by atoms with Crippen LogP contribution in [-0.2, 0) is 0 Å². The van der Waals surface area contributed by atoms with Crippen LogP contribution in [0.2, 0.25) is 0 Å². The molecule has 1 rings (SSSR count). The van der Waals surface area contributed by atoms with Gasteiger partial charge >= 0.3 is 18.9 Å². The molecule has 0 radical (unpaired) electrons. The maximum atomic E-state index is 11.9. The fourth-order valence-corrected chi connectivity index (χ4v) is 2.53. The van der Waals surface area contributed by atoms with Crippen LogP contribution < -0.4 is 29.3 Å². The van der Waals surface area contributed by atoms with Crippen molar-refractivity contribution in [3.05, 3.63) is 32.9 Å². The molecule has 1 amide bonds. The van der Waals surface area contributed by atoms with E-state index < -0.39 is 5.97 Å². The molecule has 0 aliphatic carbocycles. The van der Waals surface area contributed by atoms with Gasteiger partial charge in [0.05, 0.1) is 5.97 Å². The fraction of sp³-hybridized carbons (Fsp3) is 0.429. The molecule has 0 unspecified atom stereocenters. The number of hydrogen-bond donors (Lipinski definition) is 1. The van der Waals surface area contributed by atoms with Gasteiger partial charge in [0.1, 0.15) is 0 Å². The van der Waals surface area contributed by atoms with E-state index in [2.05, 4.69) is 24.1 Å². The Morgan fingerprint density at radius 1 is 1.29 bits per heavy atom. The summed E-state index contributed by atoms with van der Waals surface area (Å²) in [5, 5.41) is 13.6. The Hall–Kier alpha value is -0.553. The van der Waals surface area contributed by atoms with Gasteiger partial charge in [0.15, 0.2) is 0 Å². The number of aromatic carboxylic acids is 1. The van der Waals surface area contributed by atoms with Crippen molar-refractivity contribution < 1.29 is 33.6 Å². The molecule has 0 spiro atoms. The summed E-state index contributed by atoms with van der Waals surface area (Å²) in [4.78, 5) is 24.9. The Morgan fingerprint density at radius 3 is 2.38 bits per heavy atom. The van der Waals surface area contributed by atoms with Gasteiger partial charge in [-0.05, 0) is 47.8 Å². The van der Waals surface area contributed by atoms with Crippen molar-refractivity contribution in [2.75, 3.05) is 26.2 Å². The number of hydrogen-bond acceptors (Lipinski definition) is 4. The molecule has 0 aliphatic rings. The van der Waals surface area contributed by atoms with Crippen LogP contribution in [0.15, 0.2) is 18.2 Å². The molecule has 0 saturated heterocycles. The average Bonchev–Trinajstić information content (AvgIpc) is 2.42. The minimum atomic E-state index is -1.23. The smallest absolute Gasteiger partial charge is 0.545 e. The zero-order valence-corrected chi connectivity index (χ0v) is 14.8. The van der Waals surface area contributed by atoms with E-state index >= 15 is 0 Å². The second kappa shape index (κ2) is 10.2. The normalized spacial score (nSPS) is 10.1. The molecule has 7 heteroatoms. The summed E-state index contributed by atoms with van der Waals surface area (Å²) >= 11 is 1.89.